The lowest BCUT2D eigenvalue weighted by molar-refractivity contribution is -0.115. The largest absolute Gasteiger partial charge is 0.325 e. The normalized spacial score (nSPS) is 11.3. The minimum absolute atomic E-state index is 0.132. The molecule has 7 heteroatoms. The predicted octanol–water partition coefficient (Wildman–Crippen LogP) is 2.44. The monoisotopic (exact) mass is 307 g/mol. The van der Waals surface area contributed by atoms with Crippen LogP contribution in [0.4, 0.5) is 5.69 Å². The van der Waals surface area contributed by atoms with E-state index in [0.29, 0.717) is 22.9 Å². The molecule has 0 fully saturated rings. The van der Waals surface area contributed by atoms with Crippen LogP contribution in [0.15, 0.2) is 23.1 Å². The van der Waals surface area contributed by atoms with E-state index in [1.807, 2.05) is 6.26 Å². The number of rotatable bonds is 5. The highest BCUT2D eigenvalue weighted by Gasteiger charge is 2.11. The Morgan fingerprint density at radius 3 is 2.67 bits per heavy atom. The van der Waals surface area contributed by atoms with Gasteiger partial charge in [-0.25, -0.2) is 8.42 Å². The molecular formula is C11H14ClNO3S2. The van der Waals surface area contributed by atoms with Gasteiger partial charge in [-0.3, -0.25) is 4.79 Å². The number of carbonyl (C=O) groups is 1. The maximum atomic E-state index is 11.6. The Balaban J connectivity index is 2.92. The molecule has 100 valence electrons. The average molecular weight is 308 g/mol. The number of hydrogen-bond donors (Lipinski definition) is 1. The molecule has 0 saturated carbocycles. The lowest BCUT2D eigenvalue weighted by Gasteiger charge is -2.08. The lowest BCUT2D eigenvalue weighted by atomic mass is 10.3. The molecule has 18 heavy (non-hydrogen) atoms. The van der Waals surface area contributed by atoms with Crippen molar-refractivity contribution in [3.63, 3.8) is 0 Å². The molecule has 1 aromatic rings. The van der Waals surface area contributed by atoms with Crippen LogP contribution >= 0.6 is 23.4 Å². The number of hydrogen-bond acceptors (Lipinski definition) is 4. The molecule has 0 aliphatic rings. The fourth-order valence-electron chi connectivity index (χ4n) is 1.24. The third-order valence-corrected chi connectivity index (χ3v) is 4.23. The standard InChI is InChI=1S/C11H14ClNO3S2/c1-17-6-5-11(14)13-10-7-8(18(2,15)16)3-4-9(10)12/h3-4,7H,5-6H2,1-2H3,(H,13,14). The van der Waals surface area contributed by atoms with Crippen molar-refractivity contribution in [2.75, 3.05) is 23.6 Å². The molecule has 0 radical (unpaired) electrons. The Kier molecular flexibility index (Phi) is 5.49. The van der Waals surface area contributed by atoms with Gasteiger partial charge in [0.1, 0.15) is 0 Å². The van der Waals surface area contributed by atoms with E-state index in [0.717, 1.165) is 6.26 Å². The van der Waals surface area contributed by atoms with Gasteiger partial charge in [0.2, 0.25) is 5.91 Å². The first-order valence-electron chi connectivity index (χ1n) is 5.13. The Labute approximate surface area is 116 Å². The third-order valence-electron chi connectivity index (χ3n) is 2.17. The maximum absolute atomic E-state index is 11.6. The van der Waals surface area contributed by atoms with Gasteiger partial charge in [-0.1, -0.05) is 11.6 Å². The second-order valence-corrected chi connectivity index (χ2v) is 7.11. The Hall–Kier alpha value is -0.720. The summed E-state index contributed by atoms with van der Waals surface area (Å²) in [6, 6.07) is 4.24. The molecule has 0 atom stereocenters. The second-order valence-electron chi connectivity index (χ2n) is 3.70. The van der Waals surface area contributed by atoms with Crippen molar-refractivity contribution in [2.45, 2.75) is 11.3 Å². The van der Waals surface area contributed by atoms with Gasteiger partial charge >= 0.3 is 0 Å². The van der Waals surface area contributed by atoms with E-state index in [1.165, 1.54) is 18.2 Å². The molecule has 1 amide bonds. The van der Waals surface area contributed by atoms with Gasteiger partial charge in [-0.15, -0.1) is 0 Å². The van der Waals surface area contributed by atoms with Gasteiger partial charge in [0, 0.05) is 18.4 Å². The molecule has 4 nitrogen and oxygen atoms in total. The zero-order chi connectivity index (χ0) is 13.8. The summed E-state index contributed by atoms with van der Waals surface area (Å²) in [5.74, 6) is 0.520. The first-order chi connectivity index (χ1) is 8.34. The molecule has 0 aromatic heterocycles. The van der Waals surface area contributed by atoms with Crippen molar-refractivity contribution >= 4 is 44.8 Å². The van der Waals surface area contributed by atoms with Crippen LogP contribution in [-0.2, 0) is 14.6 Å². The van der Waals surface area contributed by atoms with Crippen molar-refractivity contribution in [1.82, 2.24) is 0 Å². The topological polar surface area (TPSA) is 63.2 Å². The highest BCUT2D eigenvalue weighted by molar-refractivity contribution is 7.98. The third kappa shape index (κ3) is 4.51. The van der Waals surface area contributed by atoms with Crippen molar-refractivity contribution in [3.8, 4) is 0 Å². The van der Waals surface area contributed by atoms with E-state index in [1.54, 1.807) is 11.8 Å². The van der Waals surface area contributed by atoms with E-state index >= 15 is 0 Å². The molecule has 0 bridgehead atoms. The molecule has 0 aliphatic carbocycles. The van der Waals surface area contributed by atoms with E-state index in [2.05, 4.69) is 5.32 Å². The summed E-state index contributed by atoms with van der Waals surface area (Å²) in [5.41, 5.74) is 0.325. The number of thioether (sulfide) groups is 1. The smallest absolute Gasteiger partial charge is 0.225 e. The zero-order valence-electron chi connectivity index (χ0n) is 10.1. The van der Waals surface area contributed by atoms with E-state index in [-0.39, 0.29) is 10.8 Å². The van der Waals surface area contributed by atoms with Crippen molar-refractivity contribution in [1.29, 1.82) is 0 Å². The van der Waals surface area contributed by atoms with Gasteiger partial charge in [-0.05, 0) is 24.5 Å². The number of anilines is 1. The molecule has 0 unspecified atom stereocenters. The van der Waals surface area contributed by atoms with E-state index in [4.69, 9.17) is 11.6 Å². The summed E-state index contributed by atoms with van der Waals surface area (Å²) in [7, 11) is -3.31. The Morgan fingerprint density at radius 1 is 1.44 bits per heavy atom. The number of benzene rings is 1. The highest BCUT2D eigenvalue weighted by atomic mass is 35.5. The zero-order valence-corrected chi connectivity index (χ0v) is 12.5. The first kappa shape index (κ1) is 15.3. The summed E-state index contributed by atoms with van der Waals surface area (Å²) < 4.78 is 22.8. The van der Waals surface area contributed by atoms with Crippen LogP contribution in [0.5, 0.6) is 0 Å². The molecular weight excluding hydrogens is 294 g/mol. The molecule has 0 spiro atoms. The lowest BCUT2D eigenvalue weighted by Crippen LogP contribution is -2.13. The molecule has 1 rings (SSSR count). The van der Waals surface area contributed by atoms with Gasteiger partial charge in [-0.2, -0.15) is 11.8 Å². The summed E-state index contributed by atoms with van der Waals surface area (Å²) in [6.07, 6.45) is 3.38. The fraction of sp³-hybridized carbons (Fsp3) is 0.364. The molecule has 0 saturated heterocycles. The van der Waals surface area contributed by atoms with Crippen LogP contribution in [0, 0.1) is 0 Å². The molecule has 1 aromatic carbocycles. The Bertz CT molecular complexity index is 543. The van der Waals surface area contributed by atoms with Gasteiger partial charge in [0.05, 0.1) is 15.6 Å². The van der Waals surface area contributed by atoms with Gasteiger partial charge in [0.15, 0.2) is 9.84 Å². The van der Waals surface area contributed by atoms with Gasteiger partial charge in [0.25, 0.3) is 0 Å². The van der Waals surface area contributed by atoms with Crippen LogP contribution in [-0.4, -0.2) is 32.6 Å². The summed E-state index contributed by atoms with van der Waals surface area (Å²) in [6.45, 7) is 0. The quantitative estimate of drug-likeness (QED) is 0.907. The molecule has 1 N–H and O–H groups in total. The number of amides is 1. The number of carbonyl (C=O) groups excluding carboxylic acids is 1. The van der Waals surface area contributed by atoms with Crippen molar-refractivity contribution in [3.05, 3.63) is 23.2 Å². The minimum Gasteiger partial charge on any atom is -0.325 e. The summed E-state index contributed by atoms with van der Waals surface area (Å²) >= 11 is 7.47. The minimum atomic E-state index is -3.31. The number of nitrogens with one attached hydrogen (secondary N) is 1. The first-order valence-corrected chi connectivity index (χ1v) is 8.79. The SMILES string of the molecule is CSCCC(=O)Nc1cc(S(C)(=O)=O)ccc1Cl. The van der Waals surface area contributed by atoms with Crippen LogP contribution in [0.1, 0.15) is 6.42 Å². The number of sulfone groups is 1. The summed E-state index contributed by atoms with van der Waals surface area (Å²) in [5, 5.41) is 2.93. The van der Waals surface area contributed by atoms with Crippen LogP contribution in [0.2, 0.25) is 5.02 Å². The van der Waals surface area contributed by atoms with Crippen molar-refractivity contribution in [2.24, 2.45) is 0 Å². The number of halogens is 1. The van der Waals surface area contributed by atoms with Crippen LogP contribution < -0.4 is 5.32 Å². The maximum Gasteiger partial charge on any atom is 0.225 e. The van der Waals surface area contributed by atoms with Crippen LogP contribution in [0.3, 0.4) is 0 Å². The van der Waals surface area contributed by atoms with Crippen LogP contribution in [0.25, 0.3) is 0 Å². The second kappa shape index (κ2) is 6.45. The summed E-state index contributed by atoms with van der Waals surface area (Å²) in [4.78, 5) is 11.7. The molecule has 0 heterocycles. The van der Waals surface area contributed by atoms with Crippen molar-refractivity contribution < 1.29 is 13.2 Å². The predicted molar refractivity (Wildman–Crippen MR) is 76.2 cm³/mol. The average Bonchev–Trinajstić information content (AvgIpc) is 2.28. The Morgan fingerprint density at radius 2 is 2.11 bits per heavy atom. The van der Waals surface area contributed by atoms with E-state index < -0.39 is 9.84 Å². The van der Waals surface area contributed by atoms with E-state index in [9.17, 15) is 13.2 Å². The fourth-order valence-corrected chi connectivity index (χ4v) is 2.44. The molecule has 0 aliphatic heterocycles. The highest BCUT2D eigenvalue weighted by Crippen LogP contribution is 2.25. The van der Waals surface area contributed by atoms with Gasteiger partial charge < -0.3 is 5.32 Å².